The molecule has 1 unspecified atom stereocenters. The first-order chi connectivity index (χ1) is 8.33. The Morgan fingerprint density at radius 1 is 1.47 bits per heavy atom. The second kappa shape index (κ2) is 6.01. The van der Waals surface area contributed by atoms with Gasteiger partial charge in [0.1, 0.15) is 0 Å². The Kier molecular flexibility index (Phi) is 4.37. The molecule has 0 bridgehead atoms. The minimum Gasteiger partial charge on any atom is -0.336 e. The Hall–Kier alpha value is -1.09. The highest BCUT2D eigenvalue weighted by Crippen LogP contribution is 2.29. The van der Waals surface area contributed by atoms with Crippen molar-refractivity contribution in [1.82, 2.24) is 14.9 Å². The first-order valence-corrected chi connectivity index (χ1v) is 6.71. The number of allylic oxidation sites excluding steroid dienone is 1. The minimum absolute atomic E-state index is 0.364. The average molecular weight is 233 g/mol. The van der Waals surface area contributed by atoms with Crippen molar-refractivity contribution >= 4 is 0 Å². The standard InChI is InChI=1S/C14H23N3/c1-3-9-16-14(12-7-5-4-6-8-12)13-10-15-11-17(13)2/h7,10-11,14,16H,3-6,8-9H2,1-2H3. The molecule has 0 aromatic carbocycles. The summed E-state index contributed by atoms with van der Waals surface area (Å²) in [4.78, 5) is 4.24. The fraction of sp³-hybridized carbons (Fsp3) is 0.643. The Bertz CT molecular complexity index is 379. The summed E-state index contributed by atoms with van der Waals surface area (Å²) in [5, 5.41) is 3.65. The van der Waals surface area contributed by atoms with Crippen molar-refractivity contribution in [2.45, 2.75) is 45.1 Å². The monoisotopic (exact) mass is 233 g/mol. The van der Waals surface area contributed by atoms with Gasteiger partial charge in [-0.05, 0) is 38.6 Å². The highest BCUT2D eigenvalue weighted by atomic mass is 15.1. The summed E-state index contributed by atoms with van der Waals surface area (Å²) in [7, 11) is 2.08. The van der Waals surface area contributed by atoms with E-state index in [4.69, 9.17) is 0 Å². The molecule has 0 saturated carbocycles. The van der Waals surface area contributed by atoms with Gasteiger partial charge in [-0.25, -0.2) is 4.98 Å². The van der Waals surface area contributed by atoms with Gasteiger partial charge in [0.05, 0.1) is 24.3 Å². The van der Waals surface area contributed by atoms with Crippen LogP contribution in [-0.4, -0.2) is 16.1 Å². The van der Waals surface area contributed by atoms with Gasteiger partial charge in [0.25, 0.3) is 0 Å². The van der Waals surface area contributed by atoms with Crippen molar-refractivity contribution in [3.05, 3.63) is 29.9 Å². The van der Waals surface area contributed by atoms with Gasteiger partial charge in [0.15, 0.2) is 0 Å². The number of hydrogen-bond acceptors (Lipinski definition) is 2. The van der Waals surface area contributed by atoms with Crippen molar-refractivity contribution in [2.24, 2.45) is 7.05 Å². The van der Waals surface area contributed by atoms with Crippen LogP contribution in [-0.2, 0) is 7.05 Å². The van der Waals surface area contributed by atoms with E-state index in [2.05, 4.69) is 34.9 Å². The summed E-state index contributed by atoms with van der Waals surface area (Å²) in [6.45, 7) is 3.27. The van der Waals surface area contributed by atoms with E-state index in [0.29, 0.717) is 6.04 Å². The van der Waals surface area contributed by atoms with Gasteiger partial charge in [-0.15, -0.1) is 0 Å². The number of aryl methyl sites for hydroxylation is 1. The zero-order chi connectivity index (χ0) is 12.1. The van der Waals surface area contributed by atoms with Crippen LogP contribution in [0.3, 0.4) is 0 Å². The first-order valence-electron chi connectivity index (χ1n) is 6.71. The summed E-state index contributed by atoms with van der Waals surface area (Å²) >= 11 is 0. The topological polar surface area (TPSA) is 29.9 Å². The van der Waals surface area contributed by atoms with E-state index in [1.54, 1.807) is 5.57 Å². The second-order valence-corrected chi connectivity index (χ2v) is 4.84. The third-order valence-electron chi connectivity index (χ3n) is 3.45. The fourth-order valence-corrected chi connectivity index (χ4v) is 2.49. The van der Waals surface area contributed by atoms with Gasteiger partial charge in [-0.2, -0.15) is 0 Å². The predicted molar refractivity (Wildman–Crippen MR) is 70.8 cm³/mol. The van der Waals surface area contributed by atoms with E-state index in [1.807, 2.05) is 12.5 Å². The summed E-state index contributed by atoms with van der Waals surface area (Å²) < 4.78 is 2.13. The largest absolute Gasteiger partial charge is 0.336 e. The summed E-state index contributed by atoms with van der Waals surface area (Å²) in [6.07, 6.45) is 12.6. The molecule has 1 aromatic rings. The van der Waals surface area contributed by atoms with Crippen LogP contribution in [0.4, 0.5) is 0 Å². The average Bonchev–Trinajstić information content (AvgIpc) is 2.78. The van der Waals surface area contributed by atoms with Crippen molar-refractivity contribution in [2.75, 3.05) is 6.54 Å². The van der Waals surface area contributed by atoms with Crippen LogP contribution in [0, 0.1) is 0 Å². The molecule has 1 N–H and O–H groups in total. The maximum absolute atomic E-state index is 4.24. The molecule has 0 amide bonds. The van der Waals surface area contributed by atoms with Crippen molar-refractivity contribution in [3.63, 3.8) is 0 Å². The Balaban J connectivity index is 2.18. The van der Waals surface area contributed by atoms with Crippen LogP contribution in [0.25, 0.3) is 0 Å². The minimum atomic E-state index is 0.364. The van der Waals surface area contributed by atoms with Crippen LogP contribution in [0.5, 0.6) is 0 Å². The number of nitrogens with zero attached hydrogens (tertiary/aromatic N) is 2. The predicted octanol–water partition coefficient (Wildman–Crippen LogP) is 2.96. The molecule has 17 heavy (non-hydrogen) atoms. The lowest BCUT2D eigenvalue weighted by atomic mass is 9.92. The Morgan fingerprint density at radius 3 is 2.94 bits per heavy atom. The molecule has 94 valence electrons. The highest BCUT2D eigenvalue weighted by molar-refractivity contribution is 5.22. The van der Waals surface area contributed by atoms with E-state index in [9.17, 15) is 0 Å². The second-order valence-electron chi connectivity index (χ2n) is 4.84. The van der Waals surface area contributed by atoms with E-state index in [1.165, 1.54) is 37.8 Å². The summed E-state index contributed by atoms with van der Waals surface area (Å²) in [6, 6.07) is 0.364. The quantitative estimate of drug-likeness (QED) is 0.792. The molecule has 0 aliphatic heterocycles. The lowest BCUT2D eigenvalue weighted by Crippen LogP contribution is -2.26. The zero-order valence-electron chi connectivity index (χ0n) is 10.9. The molecule has 0 radical (unpaired) electrons. The number of imidazole rings is 1. The third-order valence-corrected chi connectivity index (χ3v) is 3.45. The van der Waals surface area contributed by atoms with Crippen LogP contribution in [0.1, 0.15) is 50.8 Å². The molecule has 0 fully saturated rings. The highest BCUT2D eigenvalue weighted by Gasteiger charge is 2.19. The summed E-state index contributed by atoms with van der Waals surface area (Å²) in [5.41, 5.74) is 2.83. The summed E-state index contributed by atoms with van der Waals surface area (Å²) in [5.74, 6) is 0. The molecule has 1 atom stereocenters. The van der Waals surface area contributed by atoms with Crippen molar-refractivity contribution in [3.8, 4) is 0 Å². The van der Waals surface area contributed by atoms with Gasteiger partial charge in [-0.1, -0.05) is 18.6 Å². The van der Waals surface area contributed by atoms with Crippen molar-refractivity contribution < 1.29 is 0 Å². The number of hydrogen-bond donors (Lipinski definition) is 1. The molecule has 3 nitrogen and oxygen atoms in total. The van der Waals surface area contributed by atoms with Crippen LogP contribution >= 0.6 is 0 Å². The maximum Gasteiger partial charge on any atom is 0.0946 e. The molecule has 2 rings (SSSR count). The molecule has 1 aliphatic rings. The Labute approximate surface area is 104 Å². The normalized spacial score (nSPS) is 17.9. The molecule has 3 heteroatoms. The van der Waals surface area contributed by atoms with E-state index >= 15 is 0 Å². The van der Waals surface area contributed by atoms with E-state index in [0.717, 1.165) is 6.54 Å². The smallest absolute Gasteiger partial charge is 0.0946 e. The van der Waals surface area contributed by atoms with Gasteiger partial charge in [-0.3, -0.25) is 0 Å². The lowest BCUT2D eigenvalue weighted by Gasteiger charge is -2.24. The Morgan fingerprint density at radius 2 is 2.35 bits per heavy atom. The van der Waals surface area contributed by atoms with E-state index < -0.39 is 0 Å². The molecule has 1 aliphatic carbocycles. The number of aromatic nitrogens is 2. The molecule has 1 heterocycles. The van der Waals surface area contributed by atoms with Gasteiger partial charge < -0.3 is 9.88 Å². The van der Waals surface area contributed by atoms with Crippen LogP contribution < -0.4 is 5.32 Å². The number of rotatable bonds is 5. The molecule has 1 aromatic heterocycles. The zero-order valence-corrected chi connectivity index (χ0v) is 10.9. The third kappa shape index (κ3) is 2.97. The molecular formula is C14H23N3. The first kappa shape index (κ1) is 12.4. The lowest BCUT2D eigenvalue weighted by molar-refractivity contribution is 0.525. The van der Waals surface area contributed by atoms with Gasteiger partial charge in [0.2, 0.25) is 0 Å². The van der Waals surface area contributed by atoms with Crippen LogP contribution in [0.15, 0.2) is 24.2 Å². The SMILES string of the molecule is CCCNC(C1=CCCCC1)c1cncn1C. The number of nitrogens with one attached hydrogen (secondary N) is 1. The van der Waals surface area contributed by atoms with Crippen molar-refractivity contribution in [1.29, 1.82) is 0 Å². The van der Waals surface area contributed by atoms with E-state index in [-0.39, 0.29) is 0 Å². The van der Waals surface area contributed by atoms with Gasteiger partial charge in [0, 0.05) is 7.05 Å². The van der Waals surface area contributed by atoms with Gasteiger partial charge >= 0.3 is 0 Å². The molecule has 0 spiro atoms. The fourth-order valence-electron chi connectivity index (χ4n) is 2.49. The maximum atomic E-state index is 4.24. The molecule has 0 saturated heterocycles. The van der Waals surface area contributed by atoms with Crippen LogP contribution in [0.2, 0.25) is 0 Å². The molecular weight excluding hydrogens is 210 g/mol.